The van der Waals surface area contributed by atoms with E-state index in [1.165, 1.54) is 0 Å². The van der Waals surface area contributed by atoms with Gasteiger partial charge in [-0.3, -0.25) is 10.1 Å². The Morgan fingerprint density at radius 3 is 3.27 bits per heavy atom. The van der Waals surface area contributed by atoms with E-state index in [0.29, 0.717) is 17.9 Å². The average molecular weight is 151 g/mol. The van der Waals surface area contributed by atoms with Crippen molar-refractivity contribution in [1.29, 1.82) is 0 Å². The summed E-state index contributed by atoms with van der Waals surface area (Å²) in [7, 11) is 0. The molecule has 2 N–H and O–H groups in total. The molecule has 1 aromatic heterocycles. The van der Waals surface area contributed by atoms with Gasteiger partial charge in [0.15, 0.2) is 0 Å². The SMILES string of the molecule is O=c1[nH]ncc2c1NCC[N]2. The normalized spacial score (nSPS) is 14.5. The molecule has 57 valence electrons. The molecule has 0 bridgehead atoms. The Labute approximate surface area is 62.8 Å². The number of hydrogen-bond donors (Lipinski definition) is 2. The fraction of sp³-hybridized carbons (Fsp3) is 0.333. The number of rotatable bonds is 0. The van der Waals surface area contributed by atoms with Crippen molar-refractivity contribution in [2.75, 3.05) is 18.4 Å². The molecule has 0 saturated heterocycles. The zero-order valence-electron chi connectivity index (χ0n) is 5.79. The van der Waals surface area contributed by atoms with Crippen molar-refractivity contribution in [2.24, 2.45) is 0 Å². The first-order valence-corrected chi connectivity index (χ1v) is 3.37. The maximum absolute atomic E-state index is 11.0. The lowest BCUT2D eigenvalue weighted by Gasteiger charge is -2.14. The Hall–Kier alpha value is -1.52. The van der Waals surface area contributed by atoms with Crippen LogP contribution in [0.25, 0.3) is 0 Å². The van der Waals surface area contributed by atoms with Crippen molar-refractivity contribution in [3.63, 3.8) is 0 Å². The fourth-order valence-electron chi connectivity index (χ4n) is 1.04. The number of aromatic amines is 1. The summed E-state index contributed by atoms with van der Waals surface area (Å²) in [6.07, 6.45) is 1.54. The van der Waals surface area contributed by atoms with Crippen LogP contribution in [0, 0.1) is 0 Å². The van der Waals surface area contributed by atoms with Gasteiger partial charge < -0.3 is 5.32 Å². The van der Waals surface area contributed by atoms with Crippen molar-refractivity contribution in [3.8, 4) is 0 Å². The Balaban J connectivity index is 2.58. The van der Waals surface area contributed by atoms with E-state index in [2.05, 4.69) is 20.8 Å². The van der Waals surface area contributed by atoms with Crippen molar-refractivity contribution in [1.82, 2.24) is 15.5 Å². The van der Waals surface area contributed by atoms with E-state index in [4.69, 9.17) is 0 Å². The van der Waals surface area contributed by atoms with Crippen LogP contribution in [0.4, 0.5) is 11.4 Å². The molecule has 0 aromatic carbocycles. The van der Waals surface area contributed by atoms with E-state index >= 15 is 0 Å². The van der Waals surface area contributed by atoms with Crippen molar-refractivity contribution in [3.05, 3.63) is 16.6 Å². The zero-order valence-corrected chi connectivity index (χ0v) is 5.79. The average Bonchev–Trinajstić information content (AvgIpc) is 2.06. The quantitative estimate of drug-likeness (QED) is 0.521. The zero-order chi connectivity index (χ0) is 7.68. The van der Waals surface area contributed by atoms with Crippen molar-refractivity contribution in [2.45, 2.75) is 0 Å². The van der Waals surface area contributed by atoms with E-state index in [-0.39, 0.29) is 5.56 Å². The van der Waals surface area contributed by atoms with Gasteiger partial charge in [-0.05, 0) is 0 Å². The van der Waals surface area contributed by atoms with Crippen molar-refractivity contribution < 1.29 is 0 Å². The molecule has 11 heavy (non-hydrogen) atoms. The van der Waals surface area contributed by atoms with Gasteiger partial charge in [0.25, 0.3) is 5.56 Å². The van der Waals surface area contributed by atoms with Gasteiger partial charge in [-0.1, -0.05) is 0 Å². The minimum absolute atomic E-state index is 0.203. The first kappa shape index (κ1) is 6.21. The van der Waals surface area contributed by atoms with E-state index < -0.39 is 0 Å². The van der Waals surface area contributed by atoms with E-state index in [0.717, 1.165) is 6.54 Å². The molecule has 0 spiro atoms. The molecule has 0 aliphatic carbocycles. The first-order valence-electron chi connectivity index (χ1n) is 3.37. The molecule has 0 fully saturated rings. The number of hydrogen-bond acceptors (Lipinski definition) is 3. The predicted octanol–water partition coefficient (Wildman–Crippen LogP) is -0.569. The van der Waals surface area contributed by atoms with Crippen LogP contribution in [0.5, 0.6) is 0 Å². The summed E-state index contributed by atoms with van der Waals surface area (Å²) in [4.78, 5) is 11.0. The maximum atomic E-state index is 11.0. The second-order valence-corrected chi connectivity index (χ2v) is 2.27. The molecule has 0 saturated carbocycles. The standard InChI is InChI=1S/C6H7N4O/c11-6-5-4(3-9-10-6)7-1-2-8-5/h3,8H,1-2H2,(H,10,11). The molecule has 2 rings (SSSR count). The molecule has 5 nitrogen and oxygen atoms in total. The highest BCUT2D eigenvalue weighted by Gasteiger charge is 2.11. The summed E-state index contributed by atoms with van der Waals surface area (Å²) >= 11 is 0. The van der Waals surface area contributed by atoms with Gasteiger partial charge in [0.2, 0.25) is 0 Å². The van der Waals surface area contributed by atoms with E-state index in [9.17, 15) is 4.79 Å². The van der Waals surface area contributed by atoms with Gasteiger partial charge in [0.05, 0.1) is 12.7 Å². The van der Waals surface area contributed by atoms with Gasteiger partial charge in [-0.25, -0.2) is 5.10 Å². The maximum Gasteiger partial charge on any atom is 0.289 e. The van der Waals surface area contributed by atoms with Crippen LogP contribution in [-0.4, -0.2) is 23.3 Å². The van der Waals surface area contributed by atoms with Crippen LogP contribution in [-0.2, 0) is 0 Å². The lowest BCUT2D eigenvalue weighted by Crippen LogP contribution is -2.26. The molecule has 2 heterocycles. The second kappa shape index (κ2) is 2.26. The van der Waals surface area contributed by atoms with Gasteiger partial charge in [0.1, 0.15) is 11.4 Å². The highest BCUT2D eigenvalue weighted by atomic mass is 16.1. The van der Waals surface area contributed by atoms with Crippen LogP contribution in [0.3, 0.4) is 0 Å². The van der Waals surface area contributed by atoms with Gasteiger partial charge in [0, 0.05) is 6.54 Å². The number of nitrogens with one attached hydrogen (secondary N) is 2. The Morgan fingerprint density at radius 1 is 1.55 bits per heavy atom. The molecule has 1 aliphatic heterocycles. The molecule has 0 amide bonds. The minimum Gasteiger partial charge on any atom is -0.377 e. The number of nitrogens with zero attached hydrogens (tertiary/aromatic N) is 2. The summed E-state index contributed by atoms with van der Waals surface area (Å²) < 4.78 is 0. The summed E-state index contributed by atoms with van der Waals surface area (Å²) in [6.45, 7) is 1.43. The monoisotopic (exact) mass is 151 g/mol. The van der Waals surface area contributed by atoms with Crippen LogP contribution in [0.15, 0.2) is 11.0 Å². The smallest absolute Gasteiger partial charge is 0.289 e. The van der Waals surface area contributed by atoms with E-state index in [1.807, 2.05) is 0 Å². The number of aromatic nitrogens is 2. The van der Waals surface area contributed by atoms with Crippen LogP contribution in [0.2, 0.25) is 0 Å². The second-order valence-electron chi connectivity index (χ2n) is 2.27. The van der Waals surface area contributed by atoms with Crippen LogP contribution in [0.1, 0.15) is 0 Å². The highest BCUT2D eigenvalue weighted by molar-refractivity contribution is 5.63. The summed E-state index contributed by atoms with van der Waals surface area (Å²) in [5.74, 6) is 0. The Morgan fingerprint density at radius 2 is 2.45 bits per heavy atom. The largest absolute Gasteiger partial charge is 0.377 e. The third kappa shape index (κ3) is 0.938. The summed E-state index contributed by atoms with van der Waals surface area (Å²) in [5, 5.41) is 13.0. The lowest BCUT2D eigenvalue weighted by molar-refractivity contribution is 0.811. The fourth-order valence-corrected chi connectivity index (χ4v) is 1.04. The van der Waals surface area contributed by atoms with Gasteiger partial charge in [-0.15, -0.1) is 0 Å². The topological polar surface area (TPSA) is 71.9 Å². The van der Waals surface area contributed by atoms with Gasteiger partial charge in [-0.2, -0.15) is 5.10 Å². The lowest BCUT2D eigenvalue weighted by atomic mass is 10.3. The Bertz CT molecular complexity index is 319. The summed E-state index contributed by atoms with van der Waals surface area (Å²) in [6, 6.07) is 0. The molecular formula is C6H7N4O. The molecule has 1 aromatic rings. The molecular weight excluding hydrogens is 144 g/mol. The van der Waals surface area contributed by atoms with Crippen LogP contribution < -0.4 is 16.2 Å². The number of fused-ring (bicyclic) bond motifs is 1. The number of anilines is 1. The highest BCUT2D eigenvalue weighted by Crippen LogP contribution is 2.16. The summed E-state index contributed by atoms with van der Waals surface area (Å²) in [5.41, 5.74) is 0.984. The molecule has 1 radical (unpaired) electrons. The molecule has 5 heteroatoms. The third-order valence-corrected chi connectivity index (χ3v) is 1.53. The third-order valence-electron chi connectivity index (χ3n) is 1.53. The molecule has 0 unspecified atom stereocenters. The molecule has 1 aliphatic rings. The van der Waals surface area contributed by atoms with E-state index in [1.54, 1.807) is 6.20 Å². The minimum atomic E-state index is -0.203. The van der Waals surface area contributed by atoms with Crippen molar-refractivity contribution >= 4 is 11.4 Å². The van der Waals surface area contributed by atoms with Gasteiger partial charge >= 0.3 is 0 Å². The first-order chi connectivity index (χ1) is 5.38. The van der Waals surface area contributed by atoms with Crippen LogP contribution >= 0.6 is 0 Å². The predicted molar refractivity (Wildman–Crippen MR) is 40.0 cm³/mol. The Kier molecular flexibility index (Phi) is 1.28. The molecule has 0 atom stereocenters. The number of H-pyrrole nitrogens is 1.